The van der Waals surface area contributed by atoms with E-state index in [0.29, 0.717) is 44.4 Å². The molecule has 2 N–H and O–H groups in total. The molecule has 1 aliphatic rings. The first-order valence-electron chi connectivity index (χ1n) is 7.27. The molecule has 21 heavy (non-hydrogen) atoms. The molecular formula is C14H22N4O3. The van der Waals surface area contributed by atoms with Gasteiger partial charge in [0, 0.05) is 51.8 Å². The highest BCUT2D eigenvalue weighted by atomic mass is 16.5. The Labute approximate surface area is 123 Å². The molecule has 1 atom stereocenters. The number of nitrogens with one attached hydrogen (secondary N) is 2. The normalized spacial score (nSPS) is 18.3. The second-order valence-electron chi connectivity index (χ2n) is 5.17. The van der Waals surface area contributed by atoms with Gasteiger partial charge >= 0.3 is 0 Å². The minimum Gasteiger partial charge on any atom is -0.382 e. The fourth-order valence-corrected chi connectivity index (χ4v) is 2.36. The number of aromatic amines is 1. The number of hydrogen-bond donors (Lipinski definition) is 2. The van der Waals surface area contributed by atoms with Crippen molar-refractivity contribution in [3.8, 4) is 0 Å². The van der Waals surface area contributed by atoms with E-state index in [1.165, 1.54) is 6.07 Å². The Bertz CT molecular complexity index is 543. The summed E-state index contributed by atoms with van der Waals surface area (Å²) in [5.41, 5.74) is 0.470. The van der Waals surface area contributed by atoms with Gasteiger partial charge in [0.15, 0.2) is 0 Å². The molecule has 1 saturated heterocycles. The number of amides is 1. The summed E-state index contributed by atoms with van der Waals surface area (Å²) < 4.78 is 5.25. The summed E-state index contributed by atoms with van der Waals surface area (Å²) in [7, 11) is 1.77. The molecule has 0 aromatic carbocycles. The van der Waals surface area contributed by atoms with E-state index in [9.17, 15) is 9.59 Å². The van der Waals surface area contributed by atoms with Gasteiger partial charge in [-0.1, -0.05) is 0 Å². The summed E-state index contributed by atoms with van der Waals surface area (Å²) in [6.45, 7) is 4.62. The zero-order chi connectivity index (χ0) is 15.2. The van der Waals surface area contributed by atoms with E-state index in [1.54, 1.807) is 11.9 Å². The van der Waals surface area contributed by atoms with Gasteiger partial charge in [0.2, 0.25) is 11.9 Å². The van der Waals surface area contributed by atoms with Crippen LogP contribution in [0.5, 0.6) is 0 Å². The Kier molecular flexibility index (Phi) is 5.32. The fraction of sp³-hybridized carbons (Fsp3) is 0.643. The second kappa shape index (κ2) is 7.21. The lowest BCUT2D eigenvalue weighted by molar-refractivity contribution is -0.126. The van der Waals surface area contributed by atoms with Crippen LogP contribution in [-0.2, 0) is 9.53 Å². The minimum absolute atomic E-state index is 0.00576. The van der Waals surface area contributed by atoms with Crippen molar-refractivity contribution in [1.82, 2.24) is 14.9 Å². The first-order valence-corrected chi connectivity index (χ1v) is 7.27. The van der Waals surface area contributed by atoms with Crippen LogP contribution in [0.2, 0.25) is 0 Å². The standard InChI is InChI=1S/C14H22N4O3/c1-3-21-6-4-5-15-14-16-11(8-12(19)17-14)10-7-13(20)18(2)9-10/h8,10H,3-7,9H2,1-2H3,(H2,15,16,17,19)/t10-/m0/s1. The summed E-state index contributed by atoms with van der Waals surface area (Å²) in [6, 6.07) is 1.47. The molecule has 0 bridgehead atoms. The van der Waals surface area contributed by atoms with Crippen molar-refractivity contribution in [1.29, 1.82) is 0 Å². The van der Waals surface area contributed by atoms with Crippen LogP contribution in [0.3, 0.4) is 0 Å². The number of nitrogens with zero attached hydrogens (tertiary/aromatic N) is 2. The van der Waals surface area contributed by atoms with Gasteiger partial charge < -0.3 is 15.0 Å². The summed E-state index contributed by atoms with van der Waals surface area (Å²) in [5, 5.41) is 3.09. The topological polar surface area (TPSA) is 87.3 Å². The minimum atomic E-state index is -0.200. The SMILES string of the molecule is CCOCCCNc1nc([C@H]2CC(=O)N(C)C2)cc(=O)[nH]1. The number of anilines is 1. The third-order valence-corrected chi connectivity index (χ3v) is 3.48. The quantitative estimate of drug-likeness (QED) is 0.717. The van der Waals surface area contributed by atoms with E-state index in [2.05, 4.69) is 15.3 Å². The van der Waals surface area contributed by atoms with Crippen molar-refractivity contribution < 1.29 is 9.53 Å². The molecule has 0 saturated carbocycles. The first kappa shape index (κ1) is 15.5. The van der Waals surface area contributed by atoms with Crippen molar-refractivity contribution in [2.24, 2.45) is 0 Å². The van der Waals surface area contributed by atoms with Crippen molar-refractivity contribution in [3.63, 3.8) is 0 Å². The molecule has 0 unspecified atom stereocenters. The Morgan fingerprint density at radius 2 is 2.33 bits per heavy atom. The maximum absolute atomic E-state index is 11.7. The monoisotopic (exact) mass is 294 g/mol. The van der Waals surface area contributed by atoms with Gasteiger partial charge in [-0.2, -0.15) is 0 Å². The van der Waals surface area contributed by atoms with Gasteiger partial charge in [0.1, 0.15) is 0 Å². The highest BCUT2D eigenvalue weighted by Gasteiger charge is 2.29. The summed E-state index contributed by atoms with van der Waals surface area (Å²) in [4.78, 5) is 32.0. The smallest absolute Gasteiger partial charge is 0.252 e. The first-order chi connectivity index (χ1) is 10.1. The van der Waals surface area contributed by atoms with Crippen LogP contribution in [0.1, 0.15) is 31.4 Å². The number of carbonyl (C=O) groups is 1. The largest absolute Gasteiger partial charge is 0.382 e. The molecule has 0 spiro atoms. The number of carbonyl (C=O) groups excluding carboxylic acids is 1. The molecule has 0 aliphatic carbocycles. The van der Waals surface area contributed by atoms with E-state index in [1.807, 2.05) is 6.92 Å². The lowest BCUT2D eigenvalue weighted by atomic mass is 10.0. The second-order valence-corrected chi connectivity index (χ2v) is 5.17. The number of likely N-dealkylation sites (tertiary alicyclic amines) is 1. The fourth-order valence-electron chi connectivity index (χ4n) is 2.36. The van der Waals surface area contributed by atoms with E-state index in [4.69, 9.17) is 4.74 Å². The maximum Gasteiger partial charge on any atom is 0.252 e. The van der Waals surface area contributed by atoms with Crippen molar-refractivity contribution in [2.45, 2.75) is 25.7 Å². The molecule has 1 fully saturated rings. The molecule has 0 radical (unpaired) electrons. The van der Waals surface area contributed by atoms with Gasteiger partial charge in [-0.15, -0.1) is 0 Å². The number of rotatable bonds is 7. The molecule has 1 amide bonds. The molecule has 1 aliphatic heterocycles. The Hall–Kier alpha value is -1.89. The zero-order valence-electron chi connectivity index (χ0n) is 12.5. The van der Waals surface area contributed by atoms with Crippen molar-refractivity contribution in [2.75, 3.05) is 38.7 Å². The van der Waals surface area contributed by atoms with Gasteiger partial charge in [-0.05, 0) is 13.3 Å². The van der Waals surface area contributed by atoms with Crippen LogP contribution in [0.25, 0.3) is 0 Å². The van der Waals surface area contributed by atoms with Crippen molar-refractivity contribution in [3.05, 3.63) is 22.1 Å². The molecule has 1 aromatic heterocycles. The molecule has 7 nitrogen and oxygen atoms in total. The van der Waals surface area contributed by atoms with Crippen LogP contribution in [0.15, 0.2) is 10.9 Å². The van der Waals surface area contributed by atoms with Gasteiger partial charge in [-0.3, -0.25) is 14.6 Å². The van der Waals surface area contributed by atoms with Gasteiger partial charge in [-0.25, -0.2) is 4.98 Å². The van der Waals surface area contributed by atoms with Crippen LogP contribution >= 0.6 is 0 Å². The van der Waals surface area contributed by atoms with Crippen LogP contribution in [0.4, 0.5) is 5.95 Å². The number of aromatic nitrogens is 2. The van der Waals surface area contributed by atoms with E-state index in [-0.39, 0.29) is 17.4 Å². The number of H-pyrrole nitrogens is 1. The maximum atomic E-state index is 11.7. The zero-order valence-corrected chi connectivity index (χ0v) is 12.5. The molecule has 7 heteroatoms. The van der Waals surface area contributed by atoms with E-state index < -0.39 is 0 Å². The predicted octanol–water partition coefficient (Wildman–Crippen LogP) is 0.554. The Morgan fingerprint density at radius 3 is 3.00 bits per heavy atom. The molecule has 2 rings (SSSR count). The third kappa shape index (κ3) is 4.29. The number of likely N-dealkylation sites (N-methyl/N-ethyl adjacent to an activating group) is 1. The number of ether oxygens (including phenoxy) is 1. The van der Waals surface area contributed by atoms with E-state index >= 15 is 0 Å². The number of hydrogen-bond acceptors (Lipinski definition) is 5. The average molecular weight is 294 g/mol. The van der Waals surface area contributed by atoms with Crippen molar-refractivity contribution >= 4 is 11.9 Å². The molecule has 1 aromatic rings. The third-order valence-electron chi connectivity index (χ3n) is 3.48. The van der Waals surface area contributed by atoms with Gasteiger partial charge in [0.25, 0.3) is 5.56 Å². The van der Waals surface area contributed by atoms with Gasteiger partial charge in [0.05, 0.1) is 5.69 Å². The lowest BCUT2D eigenvalue weighted by Crippen LogP contribution is -2.20. The molecular weight excluding hydrogens is 272 g/mol. The van der Waals surface area contributed by atoms with Crippen LogP contribution in [-0.4, -0.2) is 54.1 Å². The highest BCUT2D eigenvalue weighted by molar-refractivity contribution is 5.79. The summed E-state index contributed by atoms with van der Waals surface area (Å²) in [6.07, 6.45) is 1.25. The summed E-state index contributed by atoms with van der Waals surface area (Å²) >= 11 is 0. The average Bonchev–Trinajstić information content (AvgIpc) is 2.78. The summed E-state index contributed by atoms with van der Waals surface area (Å²) in [5.74, 6) is 0.540. The molecule has 116 valence electrons. The van der Waals surface area contributed by atoms with Crippen LogP contribution < -0.4 is 10.9 Å². The predicted molar refractivity (Wildman–Crippen MR) is 79.5 cm³/mol. The highest BCUT2D eigenvalue weighted by Crippen LogP contribution is 2.25. The lowest BCUT2D eigenvalue weighted by Gasteiger charge is -2.11. The molecule has 2 heterocycles. The van der Waals surface area contributed by atoms with E-state index in [0.717, 1.165) is 6.42 Å². The Balaban J connectivity index is 1.97. The Morgan fingerprint density at radius 1 is 1.52 bits per heavy atom. The van der Waals surface area contributed by atoms with Crippen LogP contribution in [0, 0.1) is 0 Å².